The van der Waals surface area contributed by atoms with Gasteiger partial charge in [0.1, 0.15) is 18.2 Å². The summed E-state index contributed by atoms with van der Waals surface area (Å²) in [6, 6.07) is 10.9. The van der Waals surface area contributed by atoms with E-state index < -0.39 is 0 Å². The third kappa shape index (κ3) is 3.53. The van der Waals surface area contributed by atoms with E-state index >= 15 is 0 Å². The van der Waals surface area contributed by atoms with Gasteiger partial charge >= 0.3 is 0 Å². The summed E-state index contributed by atoms with van der Waals surface area (Å²) >= 11 is 0. The maximum atomic E-state index is 12.7. The van der Waals surface area contributed by atoms with Crippen molar-refractivity contribution in [3.63, 3.8) is 0 Å². The second kappa shape index (κ2) is 7.19. The minimum Gasteiger partial charge on any atom is -0.357 e. The Morgan fingerprint density at radius 2 is 1.93 bits per heavy atom. The molecule has 0 spiro atoms. The van der Waals surface area contributed by atoms with E-state index in [-0.39, 0.29) is 18.0 Å². The summed E-state index contributed by atoms with van der Waals surface area (Å²) in [4.78, 5) is 36.2. The first-order chi connectivity index (χ1) is 13.1. The van der Waals surface area contributed by atoms with Crippen LogP contribution in [0.25, 0.3) is 10.9 Å². The van der Waals surface area contributed by atoms with Gasteiger partial charge in [0.05, 0.1) is 22.8 Å². The second-order valence-corrected chi connectivity index (χ2v) is 6.71. The normalized spacial score (nSPS) is 13.9. The molecule has 7 nitrogen and oxygen atoms in total. The first-order valence-electron chi connectivity index (χ1n) is 9.09. The van der Waals surface area contributed by atoms with Crippen molar-refractivity contribution < 1.29 is 4.79 Å². The van der Waals surface area contributed by atoms with Gasteiger partial charge in [-0.25, -0.2) is 9.97 Å². The Morgan fingerprint density at radius 1 is 1.15 bits per heavy atom. The number of benzene rings is 1. The molecule has 0 bridgehead atoms. The van der Waals surface area contributed by atoms with Gasteiger partial charge in [0, 0.05) is 13.1 Å². The Morgan fingerprint density at radius 3 is 2.67 bits per heavy atom. The van der Waals surface area contributed by atoms with Crippen molar-refractivity contribution in [3.05, 3.63) is 58.8 Å². The van der Waals surface area contributed by atoms with Crippen LogP contribution in [0.15, 0.2) is 47.4 Å². The molecule has 7 heteroatoms. The van der Waals surface area contributed by atoms with Crippen molar-refractivity contribution in [3.8, 4) is 0 Å². The Balaban J connectivity index is 1.49. The van der Waals surface area contributed by atoms with Gasteiger partial charge in [0.2, 0.25) is 5.91 Å². The topological polar surface area (TPSA) is 80.1 Å². The molecule has 0 unspecified atom stereocenters. The molecule has 0 saturated carbocycles. The molecule has 4 rings (SSSR count). The summed E-state index contributed by atoms with van der Waals surface area (Å²) in [6.07, 6.45) is 4.03. The number of rotatable bonds is 4. The minimum atomic E-state index is -0.284. The van der Waals surface area contributed by atoms with Crippen molar-refractivity contribution in [1.82, 2.24) is 14.5 Å². The number of fused-ring (bicyclic) bond motifs is 1. The maximum absolute atomic E-state index is 12.7. The van der Waals surface area contributed by atoms with Crippen molar-refractivity contribution in [2.24, 2.45) is 0 Å². The number of hydrogen-bond acceptors (Lipinski definition) is 5. The number of para-hydroxylation sites is 1. The van der Waals surface area contributed by atoms with Gasteiger partial charge in [-0.15, -0.1) is 0 Å². The first kappa shape index (κ1) is 17.2. The smallest absolute Gasteiger partial charge is 0.261 e. The Kier molecular flexibility index (Phi) is 4.58. The molecule has 3 heterocycles. The zero-order valence-corrected chi connectivity index (χ0v) is 15.2. The van der Waals surface area contributed by atoms with Gasteiger partial charge in [-0.2, -0.15) is 0 Å². The van der Waals surface area contributed by atoms with Crippen molar-refractivity contribution in [2.45, 2.75) is 26.3 Å². The van der Waals surface area contributed by atoms with Gasteiger partial charge in [-0.05, 0) is 44.0 Å². The van der Waals surface area contributed by atoms with Crippen molar-refractivity contribution in [2.75, 3.05) is 23.3 Å². The van der Waals surface area contributed by atoms with Gasteiger partial charge in [-0.1, -0.05) is 12.1 Å². The monoisotopic (exact) mass is 363 g/mol. The second-order valence-electron chi connectivity index (χ2n) is 6.71. The SMILES string of the molecule is Cc1nc2ccccc2c(=O)n1CC(=O)Nc1ccc(N2CCCC2)nc1. The summed E-state index contributed by atoms with van der Waals surface area (Å²) in [6.45, 7) is 3.69. The van der Waals surface area contributed by atoms with Crippen LogP contribution in [-0.2, 0) is 11.3 Å². The van der Waals surface area contributed by atoms with Crippen LogP contribution in [0.5, 0.6) is 0 Å². The fraction of sp³-hybridized carbons (Fsp3) is 0.300. The highest BCUT2D eigenvalue weighted by atomic mass is 16.2. The molecule has 1 aliphatic heterocycles. The Labute approximate surface area is 156 Å². The predicted molar refractivity (Wildman–Crippen MR) is 105 cm³/mol. The van der Waals surface area contributed by atoms with Gasteiger partial charge in [0.15, 0.2) is 0 Å². The molecule has 1 fully saturated rings. The minimum absolute atomic E-state index is 0.0869. The standard InChI is InChI=1S/C20H21N5O2/c1-14-22-17-7-3-2-6-16(17)20(27)25(14)13-19(26)23-15-8-9-18(21-12-15)24-10-4-5-11-24/h2-3,6-9,12H,4-5,10-11,13H2,1H3,(H,23,26). The Bertz CT molecular complexity index is 1040. The zero-order chi connectivity index (χ0) is 18.8. The number of aryl methyl sites for hydroxylation is 1. The molecule has 27 heavy (non-hydrogen) atoms. The van der Waals surface area contributed by atoms with Crippen LogP contribution in [0.3, 0.4) is 0 Å². The molecule has 0 radical (unpaired) electrons. The summed E-state index contributed by atoms with van der Waals surface area (Å²) in [5.41, 5.74) is 1.04. The van der Waals surface area contributed by atoms with Crippen LogP contribution < -0.4 is 15.8 Å². The highest BCUT2D eigenvalue weighted by molar-refractivity contribution is 5.90. The highest BCUT2D eigenvalue weighted by Gasteiger charge is 2.14. The molecule has 0 aliphatic carbocycles. The lowest BCUT2D eigenvalue weighted by Crippen LogP contribution is -2.30. The molecule has 1 amide bonds. The van der Waals surface area contributed by atoms with E-state index in [0.717, 1.165) is 18.9 Å². The molecule has 1 N–H and O–H groups in total. The number of carbonyl (C=O) groups excluding carboxylic acids is 1. The molecule has 138 valence electrons. The van der Waals surface area contributed by atoms with Gasteiger partial charge in [0.25, 0.3) is 5.56 Å². The lowest BCUT2D eigenvalue weighted by Gasteiger charge is -2.16. The quantitative estimate of drug-likeness (QED) is 0.770. The average Bonchev–Trinajstić information content (AvgIpc) is 3.20. The zero-order valence-electron chi connectivity index (χ0n) is 15.2. The third-order valence-electron chi connectivity index (χ3n) is 4.82. The largest absolute Gasteiger partial charge is 0.357 e. The Hall–Kier alpha value is -3.22. The summed E-state index contributed by atoms with van der Waals surface area (Å²) in [7, 11) is 0. The number of aromatic nitrogens is 3. The van der Waals surface area contributed by atoms with Crippen LogP contribution in [0.2, 0.25) is 0 Å². The van der Waals surface area contributed by atoms with Crippen LogP contribution in [-0.4, -0.2) is 33.5 Å². The van der Waals surface area contributed by atoms with Crippen molar-refractivity contribution >= 4 is 28.3 Å². The number of nitrogens with zero attached hydrogens (tertiary/aromatic N) is 4. The van der Waals surface area contributed by atoms with Crippen LogP contribution in [0.4, 0.5) is 11.5 Å². The number of amides is 1. The molecule has 1 saturated heterocycles. The van der Waals surface area contributed by atoms with Gasteiger partial charge in [-0.3, -0.25) is 14.2 Å². The molecule has 1 aromatic carbocycles. The molecule has 2 aromatic heterocycles. The van der Waals surface area contributed by atoms with Gasteiger partial charge < -0.3 is 10.2 Å². The number of carbonyl (C=O) groups is 1. The van der Waals surface area contributed by atoms with E-state index in [1.807, 2.05) is 18.2 Å². The number of pyridine rings is 1. The number of nitrogens with one attached hydrogen (secondary N) is 1. The third-order valence-corrected chi connectivity index (χ3v) is 4.82. The fourth-order valence-corrected chi connectivity index (χ4v) is 3.40. The van der Waals surface area contributed by atoms with Crippen LogP contribution in [0, 0.1) is 6.92 Å². The van der Waals surface area contributed by atoms with E-state index in [4.69, 9.17) is 0 Å². The van der Waals surface area contributed by atoms with E-state index in [2.05, 4.69) is 20.2 Å². The lowest BCUT2D eigenvalue weighted by atomic mass is 10.2. The van der Waals surface area contributed by atoms with Crippen molar-refractivity contribution in [1.29, 1.82) is 0 Å². The predicted octanol–water partition coefficient (Wildman–Crippen LogP) is 2.34. The summed E-state index contributed by atoms with van der Waals surface area (Å²) < 4.78 is 1.39. The number of hydrogen-bond donors (Lipinski definition) is 1. The van der Waals surface area contributed by atoms with E-state index in [1.54, 1.807) is 31.3 Å². The molecule has 1 aliphatic rings. The van der Waals surface area contributed by atoms with E-state index in [9.17, 15) is 9.59 Å². The fourth-order valence-electron chi connectivity index (χ4n) is 3.40. The van der Waals surface area contributed by atoms with E-state index in [1.165, 1.54) is 17.4 Å². The number of anilines is 2. The average molecular weight is 363 g/mol. The van der Waals surface area contributed by atoms with E-state index in [0.29, 0.717) is 22.4 Å². The van der Waals surface area contributed by atoms with Crippen LogP contribution >= 0.6 is 0 Å². The van der Waals surface area contributed by atoms with Crippen LogP contribution in [0.1, 0.15) is 18.7 Å². The lowest BCUT2D eigenvalue weighted by molar-refractivity contribution is -0.116. The first-order valence-corrected chi connectivity index (χ1v) is 9.09. The summed E-state index contributed by atoms with van der Waals surface area (Å²) in [5, 5.41) is 3.31. The molecular formula is C20H21N5O2. The maximum Gasteiger partial charge on any atom is 0.261 e. The molecule has 3 aromatic rings. The molecular weight excluding hydrogens is 342 g/mol. The highest BCUT2D eigenvalue weighted by Crippen LogP contribution is 2.19. The molecule has 0 atom stereocenters. The summed E-state index contributed by atoms with van der Waals surface area (Å²) in [5.74, 6) is 1.15.